The normalized spacial score (nSPS) is 23.2. The van der Waals surface area contributed by atoms with E-state index < -0.39 is 15.8 Å². The van der Waals surface area contributed by atoms with E-state index in [4.69, 9.17) is 0 Å². The Morgan fingerprint density at radius 2 is 2.00 bits per heavy atom. The Morgan fingerprint density at radius 1 is 1.29 bits per heavy atom. The predicted molar refractivity (Wildman–Crippen MR) is 80.9 cm³/mol. The summed E-state index contributed by atoms with van der Waals surface area (Å²) in [6.45, 7) is 2.54. The van der Waals surface area contributed by atoms with Gasteiger partial charge in [-0.3, -0.25) is 0 Å². The van der Waals surface area contributed by atoms with Crippen molar-refractivity contribution in [2.45, 2.75) is 50.1 Å². The molecule has 0 radical (unpaired) electrons. The highest BCUT2D eigenvalue weighted by Gasteiger charge is 2.28. The summed E-state index contributed by atoms with van der Waals surface area (Å²) in [5.41, 5.74) is 0.746. The van der Waals surface area contributed by atoms with Crippen LogP contribution in [0.15, 0.2) is 23.1 Å². The van der Waals surface area contributed by atoms with Gasteiger partial charge in [0.1, 0.15) is 10.7 Å². The van der Waals surface area contributed by atoms with Gasteiger partial charge in [-0.1, -0.05) is 25.8 Å². The summed E-state index contributed by atoms with van der Waals surface area (Å²) in [5, 5.41) is 2.93. The molecule has 2 atom stereocenters. The Bertz CT molecular complexity index is 589. The molecule has 1 fully saturated rings. The molecule has 2 unspecified atom stereocenters. The SMILES string of the molecule is CNCc1ccc(F)c(S(=O)(=O)NC2CCCCC2C)c1. The van der Waals surface area contributed by atoms with Crippen LogP contribution in [0.3, 0.4) is 0 Å². The first-order chi connectivity index (χ1) is 9.94. The lowest BCUT2D eigenvalue weighted by Gasteiger charge is -2.29. The maximum absolute atomic E-state index is 13.9. The topological polar surface area (TPSA) is 58.2 Å². The van der Waals surface area contributed by atoms with Crippen molar-refractivity contribution in [1.82, 2.24) is 10.0 Å². The number of hydrogen-bond donors (Lipinski definition) is 2. The van der Waals surface area contributed by atoms with Crippen LogP contribution in [0.25, 0.3) is 0 Å². The first-order valence-electron chi connectivity index (χ1n) is 7.39. The largest absolute Gasteiger partial charge is 0.316 e. The third-order valence-electron chi connectivity index (χ3n) is 4.08. The average Bonchev–Trinajstić information content (AvgIpc) is 2.43. The lowest BCUT2D eigenvalue weighted by atomic mass is 9.87. The van der Waals surface area contributed by atoms with Gasteiger partial charge in [-0.2, -0.15) is 0 Å². The predicted octanol–water partition coefficient (Wildman–Crippen LogP) is 2.40. The molecule has 2 N–H and O–H groups in total. The van der Waals surface area contributed by atoms with E-state index in [-0.39, 0.29) is 16.9 Å². The molecule has 4 nitrogen and oxygen atoms in total. The molecule has 2 rings (SSSR count). The van der Waals surface area contributed by atoms with E-state index in [1.165, 1.54) is 12.1 Å². The van der Waals surface area contributed by atoms with E-state index in [0.717, 1.165) is 31.2 Å². The highest BCUT2D eigenvalue weighted by Crippen LogP contribution is 2.26. The van der Waals surface area contributed by atoms with Crippen molar-refractivity contribution < 1.29 is 12.8 Å². The molecule has 6 heteroatoms. The summed E-state index contributed by atoms with van der Waals surface area (Å²) >= 11 is 0. The van der Waals surface area contributed by atoms with Crippen molar-refractivity contribution in [1.29, 1.82) is 0 Å². The fourth-order valence-electron chi connectivity index (χ4n) is 2.82. The molecular formula is C15H23FN2O2S. The van der Waals surface area contributed by atoms with E-state index >= 15 is 0 Å². The van der Waals surface area contributed by atoms with Crippen molar-refractivity contribution >= 4 is 10.0 Å². The molecule has 0 saturated heterocycles. The Hall–Kier alpha value is -0.980. The number of nitrogens with one attached hydrogen (secondary N) is 2. The molecule has 0 amide bonds. The zero-order valence-corrected chi connectivity index (χ0v) is 13.3. The van der Waals surface area contributed by atoms with Gasteiger partial charge >= 0.3 is 0 Å². The van der Waals surface area contributed by atoms with Crippen molar-refractivity contribution in [3.05, 3.63) is 29.6 Å². The second-order valence-electron chi connectivity index (χ2n) is 5.78. The zero-order chi connectivity index (χ0) is 15.5. The third kappa shape index (κ3) is 4.02. The molecule has 0 bridgehead atoms. The maximum atomic E-state index is 13.9. The monoisotopic (exact) mass is 314 g/mol. The van der Waals surface area contributed by atoms with Crippen molar-refractivity contribution in [2.24, 2.45) is 5.92 Å². The summed E-state index contributed by atoms with van der Waals surface area (Å²) < 4.78 is 41.5. The summed E-state index contributed by atoms with van der Waals surface area (Å²) in [5.74, 6) is -0.414. The third-order valence-corrected chi connectivity index (χ3v) is 5.59. The first-order valence-corrected chi connectivity index (χ1v) is 8.87. The van der Waals surface area contributed by atoms with Gasteiger partial charge < -0.3 is 5.32 Å². The van der Waals surface area contributed by atoms with Gasteiger partial charge in [0.25, 0.3) is 0 Å². The minimum absolute atomic E-state index is 0.101. The van der Waals surface area contributed by atoms with E-state index in [0.29, 0.717) is 6.54 Å². The van der Waals surface area contributed by atoms with Gasteiger partial charge in [0.05, 0.1) is 0 Å². The van der Waals surface area contributed by atoms with E-state index in [1.807, 2.05) is 6.92 Å². The van der Waals surface area contributed by atoms with Crippen molar-refractivity contribution in [2.75, 3.05) is 7.05 Å². The van der Waals surface area contributed by atoms with Crippen LogP contribution in [0.1, 0.15) is 38.2 Å². The molecule has 118 valence electrons. The maximum Gasteiger partial charge on any atom is 0.243 e. The fourth-order valence-corrected chi connectivity index (χ4v) is 4.33. The number of sulfonamides is 1. The molecule has 1 aromatic rings. The van der Waals surface area contributed by atoms with Crippen LogP contribution in [-0.4, -0.2) is 21.5 Å². The Morgan fingerprint density at radius 3 is 2.67 bits per heavy atom. The minimum Gasteiger partial charge on any atom is -0.316 e. The van der Waals surface area contributed by atoms with E-state index in [9.17, 15) is 12.8 Å². The number of rotatable bonds is 5. The van der Waals surface area contributed by atoms with Crippen LogP contribution in [0, 0.1) is 11.7 Å². The second-order valence-corrected chi connectivity index (χ2v) is 7.47. The highest BCUT2D eigenvalue weighted by atomic mass is 32.2. The molecule has 0 aromatic heterocycles. The molecule has 1 saturated carbocycles. The molecule has 0 spiro atoms. The van der Waals surface area contributed by atoms with Crippen molar-refractivity contribution in [3.63, 3.8) is 0 Å². The Balaban J connectivity index is 2.24. The summed E-state index contributed by atoms with van der Waals surface area (Å²) in [4.78, 5) is -0.256. The fraction of sp³-hybridized carbons (Fsp3) is 0.600. The highest BCUT2D eigenvalue weighted by molar-refractivity contribution is 7.89. The van der Waals surface area contributed by atoms with Crippen LogP contribution in [0.5, 0.6) is 0 Å². The number of benzene rings is 1. The first kappa shape index (κ1) is 16.4. The van der Waals surface area contributed by atoms with Gasteiger partial charge in [0.15, 0.2) is 0 Å². The van der Waals surface area contributed by atoms with Gasteiger partial charge in [0, 0.05) is 12.6 Å². The molecular weight excluding hydrogens is 291 g/mol. The van der Waals surface area contributed by atoms with Gasteiger partial charge in [0.2, 0.25) is 10.0 Å². The lowest BCUT2D eigenvalue weighted by Crippen LogP contribution is -2.41. The molecule has 1 aromatic carbocycles. The van der Waals surface area contributed by atoms with Crippen LogP contribution < -0.4 is 10.0 Å². The van der Waals surface area contributed by atoms with E-state index in [1.54, 1.807) is 13.1 Å². The quantitative estimate of drug-likeness (QED) is 0.877. The molecule has 1 aliphatic carbocycles. The summed E-state index contributed by atoms with van der Waals surface area (Å²) in [7, 11) is -2.05. The second kappa shape index (κ2) is 6.85. The minimum atomic E-state index is -3.82. The number of halogens is 1. The Labute approximate surface area is 126 Å². The number of hydrogen-bond acceptors (Lipinski definition) is 3. The molecule has 1 aliphatic rings. The summed E-state index contributed by atoms with van der Waals surface area (Å²) in [6, 6.07) is 4.11. The smallest absolute Gasteiger partial charge is 0.243 e. The van der Waals surface area contributed by atoms with Crippen LogP contribution in [0.2, 0.25) is 0 Å². The molecule has 0 heterocycles. The summed E-state index contributed by atoms with van der Waals surface area (Å²) in [6.07, 6.45) is 3.97. The van der Waals surface area contributed by atoms with Crippen molar-refractivity contribution in [3.8, 4) is 0 Å². The molecule has 21 heavy (non-hydrogen) atoms. The lowest BCUT2D eigenvalue weighted by molar-refractivity contribution is 0.310. The average molecular weight is 314 g/mol. The van der Waals surface area contributed by atoms with Crippen LogP contribution in [-0.2, 0) is 16.6 Å². The van der Waals surface area contributed by atoms with E-state index in [2.05, 4.69) is 10.0 Å². The Kier molecular flexibility index (Phi) is 5.35. The van der Waals surface area contributed by atoms with Gasteiger partial charge in [-0.05, 0) is 43.5 Å². The van der Waals surface area contributed by atoms with Gasteiger partial charge in [-0.25, -0.2) is 17.5 Å². The van der Waals surface area contributed by atoms with Crippen LogP contribution >= 0.6 is 0 Å². The standard InChI is InChI=1S/C15H23FN2O2S/c1-11-5-3-4-6-14(11)18-21(19,20)15-9-12(10-17-2)7-8-13(15)16/h7-9,11,14,17-18H,3-6,10H2,1-2H3. The van der Waals surface area contributed by atoms with Gasteiger partial charge in [-0.15, -0.1) is 0 Å². The molecule has 0 aliphatic heterocycles. The zero-order valence-electron chi connectivity index (χ0n) is 12.5. The van der Waals surface area contributed by atoms with Crippen LogP contribution in [0.4, 0.5) is 4.39 Å².